The minimum atomic E-state index is 0.597. The average molecular weight is 279 g/mol. The second-order valence-corrected chi connectivity index (χ2v) is 3.78. The Morgan fingerprint density at radius 3 is 2.36 bits per heavy atom. The molecule has 0 spiro atoms. The summed E-state index contributed by atoms with van der Waals surface area (Å²) in [7, 11) is 0. The maximum Gasteiger partial charge on any atom is 0.0283 e. The van der Waals surface area contributed by atoms with Crippen LogP contribution in [0.4, 0.5) is 0 Å². The van der Waals surface area contributed by atoms with Gasteiger partial charge in [-0.25, -0.2) is 0 Å². The molecule has 0 aliphatic heterocycles. The Bertz CT molecular complexity index is 226. The van der Waals surface area contributed by atoms with Crippen LogP contribution in [0.1, 0.15) is 11.1 Å². The lowest BCUT2D eigenvalue weighted by Crippen LogP contribution is -1.96. The number of alkyl halides is 1. The Labute approximate surface area is 83.2 Å². The molecular weight excluding hydrogens is 270 g/mol. The van der Waals surface area contributed by atoms with Crippen molar-refractivity contribution in [2.75, 3.05) is 0 Å². The number of halogens is 2. The third-order valence-corrected chi connectivity index (χ3v) is 2.51. The molecule has 0 aromatic heterocycles. The lowest BCUT2D eigenvalue weighted by Gasteiger charge is -2.01. The van der Waals surface area contributed by atoms with Crippen LogP contribution in [0.15, 0.2) is 22.7 Å². The van der Waals surface area contributed by atoms with Gasteiger partial charge in [0.05, 0.1) is 0 Å². The van der Waals surface area contributed by atoms with Gasteiger partial charge in [0.1, 0.15) is 0 Å². The van der Waals surface area contributed by atoms with Crippen LogP contribution in [0.25, 0.3) is 0 Å². The molecule has 0 aliphatic rings. The van der Waals surface area contributed by atoms with Gasteiger partial charge in [-0.2, -0.15) is 0 Å². The number of hydrogen-bond acceptors (Lipinski definition) is 1. The minimum absolute atomic E-state index is 0.597. The summed E-state index contributed by atoms with van der Waals surface area (Å²) in [5.41, 5.74) is 7.92. The second-order valence-electron chi connectivity index (χ2n) is 2.31. The third-order valence-electron chi connectivity index (χ3n) is 1.41. The summed E-state index contributed by atoms with van der Waals surface area (Å²) in [5.74, 6) is 0. The van der Waals surface area contributed by atoms with E-state index in [1.165, 1.54) is 5.56 Å². The molecule has 60 valence electrons. The van der Waals surface area contributed by atoms with Crippen molar-refractivity contribution in [2.45, 2.75) is 11.9 Å². The fraction of sp³-hybridized carbons (Fsp3) is 0.250. The van der Waals surface area contributed by atoms with Gasteiger partial charge >= 0.3 is 0 Å². The Hall–Kier alpha value is 0.140. The van der Waals surface area contributed by atoms with Gasteiger partial charge in [0, 0.05) is 16.3 Å². The quantitative estimate of drug-likeness (QED) is 0.828. The van der Waals surface area contributed by atoms with E-state index in [-0.39, 0.29) is 0 Å². The number of benzene rings is 1. The normalized spacial score (nSPS) is 10.1. The van der Waals surface area contributed by atoms with Crippen molar-refractivity contribution in [3.05, 3.63) is 33.8 Å². The monoisotopic (exact) mass is 277 g/mol. The van der Waals surface area contributed by atoms with Crippen molar-refractivity contribution < 1.29 is 0 Å². The molecule has 0 heterocycles. The van der Waals surface area contributed by atoms with Crippen LogP contribution < -0.4 is 5.73 Å². The highest BCUT2D eigenvalue weighted by molar-refractivity contribution is 9.10. The smallest absolute Gasteiger partial charge is 0.0283 e. The summed E-state index contributed by atoms with van der Waals surface area (Å²) in [5, 5.41) is 0.874. The highest BCUT2D eigenvalue weighted by Gasteiger charge is 1.95. The van der Waals surface area contributed by atoms with E-state index in [9.17, 15) is 0 Å². The van der Waals surface area contributed by atoms with Gasteiger partial charge in [0.25, 0.3) is 0 Å². The summed E-state index contributed by atoms with van der Waals surface area (Å²) < 4.78 is 1.09. The Morgan fingerprint density at radius 2 is 1.82 bits per heavy atom. The summed E-state index contributed by atoms with van der Waals surface area (Å²) >= 11 is 6.81. The van der Waals surface area contributed by atoms with Gasteiger partial charge in [0.2, 0.25) is 0 Å². The molecule has 0 amide bonds. The summed E-state index contributed by atoms with van der Waals surface area (Å²) in [6.07, 6.45) is 0. The van der Waals surface area contributed by atoms with Gasteiger partial charge in [-0.1, -0.05) is 37.9 Å². The molecule has 0 atom stereocenters. The molecule has 3 heteroatoms. The van der Waals surface area contributed by atoms with Crippen molar-refractivity contribution in [1.29, 1.82) is 0 Å². The van der Waals surface area contributed by atoms with Crippen LogP contribution in [-0.4, -0.2) is 0 Å². The first-order valence-electron chi connectivity index (χ1n) is 3.30. The Kier molecular flexibility index (Phi) is 3.55. The van der Waals surface area contributed by atoms with Gasteiger partial charge < -0.3 is 5.73 Å². The molecule has 0 bridgehead atoms. The van der Waals surface area contributed by atoms with Crippen LogP contribution in [0.3, 0.4) is 0 Å². The molecule has 0 fully saturated rings. The van der Waals surface area contributed by atoms with E-state index in [1.807, 2.05) is 6.07 Å². The van der Waals surface area contributed by atoms with E-state index in [2.05, 4.69) is 44.0 Å². The van der Waals surface area contributed by atoms with Gasteiger partial charge in [-0.3, -0.25) is 0 Å². The zero-order valence-corrected chi connectivity index (χ0v) is 9.15. The topological polar surface area (TPSA) is 26.0 Å². The van der Waals surface area contributed by atoms with Crippen molar-refractivity contribution in [2.24, 2.45) is 5.73 Å². The predicted molar refractivity (Wildman–Crippen MR) is 54.7 cm³/mol. The molecule has 0 unspecified atom stereocenters. The predicted octanol–water partition coefficient (Wildman–Crippen LogP) is 2.80. The van der Waals surface area contributed by atoms with E-state index in [4.69, 9.17) is 5.73 Å². The Morgan fingerprint density at radius 1 is 1.18 bits per heavy atom. The molecule has 2 N–H and O–H groups in total. The SMILES string of the molecule is NCc1cc(Br)cc(CBr)c1. The molecule has 1 rings (SSSR count). The fourth-order valence-corrected chi connectivity index (χ4v) is 1.82. The first-order valence-corrected chi connectivity index (χ1v) is 5.22. The number of nitrogens with two attached hydrogens (primary N) is 1. The van der Waals surface area contributed by atoms with Crippen LogP contribution in [-0.2, 0) is 11.9 Å². The van der Waals surface area contributed by atoms with Crippen molar-refractivity contribution in [1.82, 2.24) is 0 Å². The zero-order chi connectivity index (χ0) is 8.27. The van der Waals surface area contributed by atoms with Crippen LogP contribution in [0.2, 0.25) is 0 Å². The molecule has 1 aromatic rings. The summed E-state index contributed by atoms with van der Waals surface area (Å²) in [6.45, 7) is 0.597. The highest BCUT2D eigenvalue weighted by atomic mass is 79.9. The molecule has 1 nitrogen and oxygen atoms in total. The average Bonchev–Trinajstić information content (AvgIpc) is 2.03. The largest absolute Gasteiger partial charge is 0.326 e. The number of hydrogen-bond donors (Lipinski definition) is 1. The van der Waals surface area contributed by atoms with Crippen molar-refractivity contribution in [3.8, 4) is 0 Å². The summed E-state index contributed by atoms with van der Waals surface area (Å²) in [6, 6.07) is 6.21. The highest BCUT2D eigenvalue weighted by Crippen LogP contribution is 2.17. The maximum absolute atomic E-state index is 5.51. The first kappa shape index (κ1) is 9.23. The van der Waals surface area contributed by atoms with Crippen LogP contribution >= 0.6 is 31.9 Å². The van der Waals surface area contributed by atoms with E-state index >= 15 is 0 Å². The fourth-order valence-electron chi connectivity index (χ4n) is 0.912. The zero-order valence-electron chi connectivity index (χ0n) is 5.98. The lowest BCUT2D eigenvalue weighted by atomic mass is 10.1. The van der Waals surface area contributed by atoms with Gasteiger partial charge in [0.15, 0.2) is 0 Å². The number of rotatable bonds is 2. The lowest BCUT2D eigenvalue weighted by molar-refractivity contribution is 1.06. The molecule has 0 aliphatic carbocycles. The molecule has 0 saturated carbocycles. The maximum atomic E-state index is 5.51. The third kappa shape index (κ3) is 2.58. The Balaban J connectivity index is 3.02. The molecule has 0 saturated heterocycles. The van der Waals surface area contributed by atoms with Gasteiger partial charge in [-0.05, 0) is 23.3 Å². The van der Waals surface area contributed by atoms with E-state index in [0.717, 1.165) is 15.4 Å². The van der Waals surface area contributed by atoms with Crippen molar-refractivity contribution in [3.63, 3.8) is 0 Å². The molecule has 1 aromatic carbocycles. The van der Waals surface area contributed by atoms with Crippen LogP contribution in [0.5, 0.6) is 0 Å². The standard InChI is InChI=1S/C8H9Br2N/c9-4-6-1-7(5-11)3-8(10)2-6/h1-3H,4-5,11H2. The molecule has 11 heavy (non-hydrogen) atoms. The minimum Gasteiger partial charge on any atom is -0.326 e. The van der Waals surface area contributed by atoms with E-state index in [1.54, 1.807) is 0 Å². The second kappa shape index (κ2) is 4.24. The first-order chi connectivity index (χ1) is 5.26. The van der Waals surface area contributed by atoms with E-state index < -0.39 is 0 Å². The summed E-state index contributed by atoms with van der Waals surface area (Å²) in [4.78, 5) is 0. The van der Waals surface area contributed by atoms with Crippen LogP contribution in [0, 0.1) is 0 Å². The van der Waals surface area contributed by atoms with Gasteiger partial charge in [-0.15, -0.1) is 0 Å². The molecule has 0 radical (unpaired) electrons. The molecular formula is C8H9Br2N. The van der Waals surface area contributed by atoms with E-state index in [0.29, 0.717) is 6.54 Å². The van der Waals surface area contributed by atoms with Crippen molar-refractivity contribution >= 4 is 31.9 Å².